The second kappa shape index (κ2) is 10.5. The molecule has 0 saturated heterocycles. The Morgan fingerprint density at radius 3 is 2.41 bits per heavy atom. The number of nitrogens with zero attached hydrogens (tertiary/aromatic N) is 1. The normalized spacial score (nSPS) is 10.9. The molecule has 0 saturated carbocycles. The van der Waals surface area contributed by atoms with Crippen molar-refractivity contribution in [2.45, 2.75) is 20.5 Å². The molecular weight excluding hydrogens is 424 g/mol. The third kappa shape index (κ3) is 5.90. The maximum absolute atomic E-state index is 12.5. The van der Waals surface area contributed by atoms with Gasteiger partial charge in [0.2, 0.25) is 0 Å². The molecule has 1 N–H and O–H groups in total. The molecule has 32 heavy (non-hydrogen) atoms. The Morgan fingerprint density at radius 2 is 1.78 bits per heavy atom. The lowest BCUT2D eigenvalue weighted by Gasteiger charge is -2.14. The molecule has 0 radical (unpaired) electrons. The van der Waals surface area contributed by atoms with Crippen LogP contribution in [0.15, 0.2) is 66.2 Å². The van der Waals surface area contributed by atoms with Crippen molar-refractivity contribution in [2.75, 3.05) is 12.4 Å². The van der Waals surface area contributed by atoms with Gasteiger partial charge in [-0.05, 0) is 55.3 Å². The summed E-state index contributed by atoms with van der Waals surface area (Å²) < 4.78 is 11.4. The number of anilines is 1. The van der Waals surface area contributed by atoms with Crippen molar-refractivity contribution in [1.29, 1.82) is 5.26 Å². The molecule has 0 aliphatic heterocycles. The van der Waals surface area contributed by atoms with E-state index in [-0.39, 0.29) is 5.57 Å². The van der Waals surface area contributed by atoms with Gasteiger partial charge < -0.3 is 14.8 Å². The highest BCUT2D eigenvalue weighted by Crippen LogP contribution is 2.37. The molecule has 0 aliphatic rings. The predicted octanol–water partition coefficient (Wildman–Crippen LogP) is 6.09. The monoisotopic (exact) mass is 446 g/mol. The lowest BCUT2D eigenvalue weighted by atomic mass is 10.1. The molecule has 5 nitrogen and oxygen atoms in total. The van der Waals surface area contributed by atoms with E-state index >= 15 is 0 Å². The van der Waals surface area contributed by atoms with Crippen LogP contribution in [-0.2, 0) is 11.4 Å². The molecule has 0 heterocycles. The van der Waals surface area contributed by atoms with E-state index in [4.69, 9.17) is 21.1 Å². The van der Waals surface area contributed by atoms with E-state index in [1.54, 1.807) is 36.4 Å². The summed E-state index contributed by atoms with van der Waals surface area (Å²) in [7, 11) is 1.51. The third-order valence-electron chi connectivity index (χ3n) is 4.62. The second-order valence-electron chi connectivity index (χ2n) is 7.31. The van der Waals surface area contributed by atoms with Gasteiger partial charge >= 0.3 is 0 Å². The minimum atomic E-state index is -0.510. The van der Waals surface area contributed by atoms with Gasteiger partial charge in [-0.25, -0.2) is 0 Å². The Bertz CT molecular complexity index is 1180. The van der Waals surface area contributed by atoms with E-state index in [1.807, 2.05) is 26.0 Å². The zero-order chi connectivity index (χ0) is 23.1. The molecule has 0 atom stereocenters. The molecule has 0 spiro atoms. The number of hydrogen-bond donors (Lipinski definition) is 1. The summed E-state index contributed by atoms with van der Waals surface area (Å²) in [5, 5.41) is 12.5. The summed E-state index contributed by atoms with van der Waals surface area (Å²) in [5.74, 6) is 0.301. The summed E-state index contributed by atoms with van der Waals surface area (Å²) in [5.41, 5.74) is 4.42. The maximum atomic E-state index is 12.5. The Hall–Kier alpha value is -3.75. The van der Waals surface area contributed by atoms with E-state index in [0.717, 1.165) is 16.7 Å². The molecule has 3 aromatic carbocycles. The first-order valence-electron chi connectivity index (χ1n) is 9.95. The number of ether oxygens (including phenoxy) is 2. The number of nitrogens with one attached hydrogen (secondary N) is 1. The van der Waals surface area contributed by atoms with Crippen molar-refractivity contribution in [3.63, 3.8) is 0 Å². The summed E-state index contributed by atoms with van der Waals surface area (Å²) in [6.45, 7) is 4.40. The van der Waals surface area contributed by atoms with Crippen molar-refractivity contribution in [3.05, 3.63) is 93.5 Å². The molecule has 0 aliphatic carbocycles. The molecule has 0 aromatic heterocycles. The van der Waals surface area contributed by atoms with Crippen molar-refractivity contribution < 1.29 is 14.3 Å². The average Bonchev–Trinajstić information content (AvgIpc) is 2.76. The fourth-order valence-corrected chi connectivity index (χ4v) is 3.58. The number of methoxy groups -OCH3 is 1. The minimum Gasteiger partial charge on any atom is -0.493 e. The maximum Gasteiger partial charge on any atom is 0.266 e. The van der Waals surface area contributed by atoms with Crippen LogP contribution >= 0.6 is 11.6 Å². The molecule has 6 heteroatoms. The number of benzene rings is 3. The number of halogens is 1. The highest BCUT2D eigenvalue weighted by atomic mass is 35.5. The first kappa shape index (κ1) is 22.9. The molecule has 3 rings (SSSR count). The number of para-hydroxylation sites is 1. The standard InChI is InChI=1S/C26H23ClN2O3/c1-17-9-18(2)11-20(10-17)16-32-25-23(27)13-19(14-24(25)31-3)12-21(15-28)26(30)29-22-7-5-4-6-8-22/h4-14H,16H2,1-3H3,(H,29,30)/b21-12+. The predicted molar refractivity (Wildman–Crippen MR) is 127 cm³/mol. The van der Waals surface area contributed by atoms with Crippen molar-refractivity contribution >= 4 is 29.3 Å². The topological polar surface area (TPSA) is 71.3 Å². The van der Waals surface area contributed by atoms with Gasteiger partial charge in [0.05, 0.1) is 12.1 Å². The summed E-state index contributed by atoms with van der Waals surface area (Å²) in [4.78, 5) is 12.5. The average molecular weight is 447 g/mol. The minimum absolute atomic E-state index is 0.0594. The van der Waals surface area contributed by atoms with Crippen molar-refractivity contribution in [1.82, 2.24) is 0 Å². The Morgan fingerprint density at radius 1 is 1.09 bits per heavy atom. The second-order valence-corrected chi connectivity index (χ2v) is 7.72. The van der Waals surface area contributed by atoms with Gasteiger partial charge in [0.1, 0.15) is 18.2 Å². The summed E-state index contributed by atoms with van der Waals surface area (Å²) in [6.07, 6.45) is 1.46. The molecule has 3 aromatic rings. The van der Waals surface area contributed by atoms with Crippen LogP contribution < -0.4 is 14.8 Å². The number of hydrogen-bond acceptors (Lipinski definition) is 4. The van der Waals surface area contributed by atoms with Crippen molar-refractivity contribution in [2.24, 2.45) is 0 Å². The van der Waals surface area contributed by atoms with Crippen LogP contribution in [0.4, 0.5) is 5.69 Å². The molecule has 1 amide bonds. The number of carbonyl (C=O) groups is 1. The Kier molecular flexibility index (Phi) is 7.54. The van der Waals surface area contributed by atoms with E-state index in [0.29, 0.717) is 34.4 Å². The van der Waals surface area contributed by atoms with Gasteiger partial charge in [-0.2, -0.15) is 5.26 Å². The van der Waals surface area contributed by atoms with Gasteiger partial charge in [-0.3, -0.25) is 4.79 Å². The molecular formula is C26H23ClN2O3. The third-order valence-corrected chi connectivity index (χ3v) is 4.90. The Balaban J connectivity index is 1.82. The molecule has 0 fully saturated rings. The van der Waals surface area contributed by atoms with Crippen LogP contribution in [0, 0.1) is 25.2 Å². The number of nitriles is 1. The number of aryl methyl sites for hydroxylation is 2. The van der Waals surface area contributed by atoms with Crippen LogP contribution in [0.1, 0.15) is 22.3 Å². The fourth-order valence-electron chi connectivity index (χ4n) is 3.31. The zero-order valence-corrected chi connectivity index (χ0v) is 18.9. The zero-order valence-electron chi connectivity index (χ0n) is 18.1. The first-order valence-corrected chi connectivity index (χ1v) is 10.3. The molecule has 0 bridgehead atoms. The van der Waals surface area contributed by atoms with E-state index in [9.17, 15) is 10.1 Å². The largest absolute Gasteiger partial charge is 0.493 e. The van der Waals surface area contributed by atoms with Crippen molar-refractivity contribution in [3.8, 4) is 17.6 Å². The Labute approximate surface area is 192 Å². The first-order chi connectivity index (χ1) is 15.4. The van der Waals surface area contributed by atoms with Gasteiger partial charge in [-0.15, -0.1) is 0 Å². The van der Waals surface area contributed by atoms with Gasteiger partial charge in [0.15, 0.2) is 11.5 Å². The van der Waals surface area contributed by atoms with Gasteiger partial charge in [0.25, 0.3) is 5.91 Å². The van der Waals surface area contributed by atoms with Crippen LogP contribution in [-0.4, -0.2) is 13.0 Å². The fraction of sp³-hybridized carbons (Fsp3) is 0.154. The highest BCUT2D eigenvalue weighted by Gasteiger charge is 2.15. The lowest BCUT2D eigenvalue weighted by Crippen LogP contribution is -2.13. The van der Waals surface area contributed by atoms with Crippen LogP contribution in [0.2, 0.25) is 5.02 Å². The van der Waals surface area contributed by atoms with Gasteiger partial charge in [0, 0.05) is 5.69 Å². The summed E-state index contributed by atoms with van der Waals surface area (Å²) >= 11 is 6.46. The smallest absolute Gasteiger partial charge is 0.266 e. The highest BCUT2D eigenvalue weighted by molar-refractivity contribution is 6.32. The number of rotatable bonds is 7. The number of carbonyl (C=O) groups excluding carboxylic acids is 1. The quantitative estimate of drug-likeness (QED) is 0.352. The van der Waals surface area contributed by atoms with E-state index in [2.05, 4.69) is 23.5 Å². The SMILES string of the molecule is COc1cc(/C=C(\C#N)C(=O)Nc2ccccc2)cc(Cl)c1OCc1cc(C)cc(C)c1. The number of amides is 1. The lowest BCUT2D eigenvalue weighted by molar-refractivity contribution is -0.112. The van der Waals surface area contributed by atoms with Crippen LogP contribution in [0.25, 0.3) is 6.08 Å². The molecule has 0 unspecified atom stereocenters. The van der Waals surface area contributed by atoms with Gasteiger partial charge in [-0.1, -0.05) is 59.1 Å². The van der Waals surface area contributed by atoms with E-state index < -0.39 is 5.91 Å². The van der Waals surface area contributed by atoms with Crippen LogP contribution in [0.3, 0.4) is 0 Å². The molecule has 162 valence electrons. The summed E-state index contributed by atoms with van der Waals surface area (Å²) in [6, 6.07) is 20.4. The van der Waals surface area contributed by atoms with Crippen LogP contribution in [0.5, 0.6) is 11.5 Å². The van der Waals surface area contributed by atoms with E-state index in [1.165, 1.54) is 13.2 Å².